The van der Waals surface area contributed by atoms with Crippen LogP contribution < -0.4 is 5.73 Å². The Bertz CT molecular complexity index is 915. The Labute approximate surface area is 128 Å². The van der Waals surface area contributed by atoms with E-state index in [1.54, 1.807) is 18.3 Å². The predicted octanol–water partition coefficient (Wildman–Crippen LogP) is 2.52. The molecule has 0 saturated carbocycles. The minimum absolute atomic E-state index is 0.0500. The van der Waals surface area contributed by atoms with Crippen molar-refractivity contribution in [3.63, 3.8) is 0 Å². The smallest absolute Gasteiger partial charge is 0.268 e. The lowest BCUT2D eigenvalue weighted by atomic mass is 10.1. The Kier molecular flexibility index (Phi) is 3.72. The minimum atomic E-state index is -3.77. The van der Waals surface area contributed by atoms with E-state index in [4.69, 9.17) is 5.73 Å². The molecular weight excluding hydrogens is 303 g/mol. The maximum absolute atomic E-state index is 13.0. The molecule has 114 valence electrons. The van der Waals surface area contributed by atoms with Gasteiger partial charge in [-0.15, -0.1) is 0 Å². The summed E-state index contributed by atoms with van der Waals surface area (Å²) in [5, 5.41) is 0.860. The van der Waals surface area contributed by atoms with Crippen LogP contribution in [0.15, 0.2) is 59.6 Å². The maximum atomic E-state index is 13.0. The van der Waals surface area contributed by atoms with Gasteiger partial charge in [-0.3, -0.25) is 0 Å². The Morgan fingerprint density at radius 2 is 1.73 bits per heavy atom. The molecule has 3 aromatic rings. The summed E-state index contributed by atoms with van der Waals surface area (Å²) < 4.78 is 39.8. The molecule has 0 unspecified atom stereocenters. The van der Waals surface area contributed by atoms with Gasteiger partial charge in [0.15, 0.2) is 0 Å². The first-order chi connectivity index (χ1) is 10.5. The molecule has 0 atom stereocenters. The molecule has 1 heterocycles. The summed E-state index contributed by atoms with van der Waals surface area (Å²) in [6.07, 6.45) is 2.18. The van der Waals surface area contributed by atoms with Gasteiger partial charge in [-0.05, 0) is 48.9 Å². The highest BCUT2D eigenvalue weighted by Crippen LogP contribution is 2.26. The van der Waals surface area contributed by atoms with E-state index in [2.05, 4.69) is 0 Å². The molecular formula is C16H15FN2O2S. The number of rotatable bonds is 4. The second-order valence-electron chi connectivity index (χ2n) is 4.96. The zero-order valence-corrected chi connectivity index (χ0v) is 12.6. The van der Waals surface area contributed by atoms with E-state index in [0.29, 0.717) is 18.5 Å². The van der Waals surface area contributed by atoms with Gasteiger partial charge < -0.3 is 5.73 Å². The number of hydrogen-bond donors (Lipinski definition) is 1. The standard InChI is InChI=1S/C16H15FN2O2S/c17-13-5-7-14(8-6-13)22(20,21)19-11-12(9-10-18)15-3-1-2-4-16(15)19/h1-8,11H,9-10,18H2. The average Bonchev–Trinajstić information content (AvgIpc) is 2.88. The molecule has 0 aliphatic carbocycles. The number of halogens is 1. The molecule has 6 heteroatoms. The number of para-hydroxylation sites is 1. The van der Waals surface area contributed by atoms with Crippen LogP contribution in [0.4, 0.5) is 4.39 Å². The van der Waals surface area contributed by atoms with Gasteiger partial charge in [-0.1, -0.05) is 18.2 Å². The Hall–Kier alpha value is -2.18. The van der Waals surface area contributed by atoms with Crippen molar-refractivity contribution in [2.24, 2.45) is 5.73 Å². The first-order valence-corrected chi connectivity index (χ1v) is 8.28. The summed E-state index contributed by atoms with van der Waals surface area (Å²) in [4.78, 5) is 0.0500. The second kappa shape index (κ2) is 5.55. The molecule has 0 aliphatic heterocycles. The normalized spacial score (nSPS) is 11.9. The highest BCUT2D eigenvalue weighted by molar-refractivity contribution is 7.90. The zero-order valence-electron chi connectivity index (χ0n) is 11.7. The van der Waals surface area contributed by atoms with Gasteiger partial charge >= 0.3 is 0 Å². The monoisotopic (exact) mass is 318 g/mol. The minimum Gasteiger partial charge on any atom is -0.330 e. The molecule has 0 saturated heterocycles. The van der Waals surface area contributed by atoms with Gasteiger partial charge in [0.1, 0.15) is 5.82 Å². The van der Waals surface area contributed by atoms with Crippen molar-refractivity contribution in [2.75, 3.05) is 6.54 Å². The molecule has 4 nitrogen and oxygen atoms in total. The van der Waals surface area contributed by atoms with Crippen LogP contribution in [0, 0.1) is 5.82 Å². The molecule has 22 heavy (non-hydrogen) atoms. The van der Waals surface area contributed by atoms with E-state index in [1.807, 2.05) is 12.1 Å². The molecule has 2 N–H and O–H groups in total. The van der Waals surface area contributed by atoms with Crippen molar-refractivity contribution in [1.29, 1.82) is 0 Å². The Balaban J connectivity index is 2.23. The third-order valence-corrected chi connectivity index (χ3v) is 5.23. The second-order valence-corrected chi connectivity index (χ2v) is 6.78. The van der Waals surface area contributed by atoms with Crippen LogP contribution in [0.5, 0.6) is 0 Å². The molecule has 0 radical (unpaired) electrons. The summed E-state index contributed by atoms with van der Waals surface area (Å²) in [7, 11) is -3.77. The van der Waals surface area contributed by atoms with Crippen molar-refractivity contribution in [3.8, 4) is 0 Å². The van der Waals surface area contributed by atoms with Gasteiger partial charge in [-0.2, -0.15) is 0 Å². The lowest BCUT2D eigenvalue weighted by molar-refractivity contribution is 0.588. The number of nitrogens with zero attached hydrogens (tertiary/aromatic N) is 1. The molecule has 2 aromatic carbocycles. The first kappa shape index (κ1) is 14.7. The van der Waals surface area contributed by atoms with Crippen LogP contribution in [0.2, 0.25) is 0 Å². The van der Waals surface area contributed by atoms with Crippen LogP contribution in [0.3, 0.4) is 0 Å². The molecule has 0 amide bonds. The predicted molar refractivity (Wildman–Crippen MR) is 83.7 cm³/mol. The Morgan fingerprint density at radius 3 is 2.41 bits per heavy atom. The van der Waals surface area contributed by atoms with Gasteiger partial charge in [0.25, 0.3) is 10.0 Å². The van der Waals surface area contributed by atoms with Crippen molar-refractivity contribution < 1.29 is 12.8 Å². The summed E-state index contributed by atoms with van der Waals surface area (Å²) in [6.45, 7) is 0.435. The van der Waals surface area contributed by atoms with E-state index in [1.165, 1.54) is 16.1 Å². The first-order valence-electron chi connectivity index (χ1n) is 6.84. The highest BCUT2D eigenvalue weighted by Gasteiger charge is 2.20. The van der Waals surface area contributed by atoms with E-state index in [0.717, 1.165) is 23.1 Å². The van der Waals surface area contributed by atoms with Crippen molar-refractivity contribution >= 4 is 20.9 Å². The van der Waals surface area contributed by atoms with Crippen LogP contribution >= 0.6 is 0 Å². The average molecular weight is 318 g/mol. The van der Waals surface area contributed by atoms with E-state index in [-0.39, 0.29) is 4.90 Å². The topological polar surface area (TPSA) is 65.1 Å². The summed E-state index contributed by atoms with van der Waals surface area (Å²) in [5.74, 6) is -0.472. The van der Waals surface area contributed by atoms with Crippen LogP contribution in [0.1, 0.15) is 5.56 Å². The highest BCUT2D eigenvalue weighted by atomic mass is 32.2. The van der Waals surface area contributed by atoms with Crippen LogP contribution in [-0.2, 0) is 16.4 Å². The fourth-order valence-corrected chi connectivity index (χ4v) is 3.88. The lowest BCUT2D eigenvalue weighted by Gasteiger charge is -2.07. The fraction of sp³-hybridized carbons (Fsp3) is 0.125. The molecule has 0 bridgehead atoms. The Morgan fingerprint density at radius 1 is 1.05 bits per heavy atom. The molecule has 3 rings (SSSR count). The largest absolute Gasteiger partial charge is 0.330 e. The SMILES string of the molecule is NCCc1cn(S(=O)(=O)c2ccc(F)cc2)c2ccccc12. The number of aromatic nitrogens is 1. The number of hydrogen-bond acceptors (Lipinski definition) is 3. The zero-order chi connectivity index (χ0) is 15.7. The summed E-state index contributed by atoms with van der Waals surface area (Å²) >= 11 is 0. The van der Waals surface area contributed by atoms with E-state index < -0.39 is 15.8 Å². The third kappa shape index (κ3) is 2.40. The van der Waals surface area contributed by atoms with Gasteiger partial charge in [0, 0.05) is 11.6 Å². The number of benzene rings is 2. The lowest BCUT2D eigenvalue weighted by Crippen LogP contribution is -2.12. The number of fused-ring (bicyclic) bond motifs is 1. The summed E-state index contributed by atoms with van der Waals surface area (Å²) in [5.41, 5.74) is 7.07. The summed E-state index contributed by atoms with van der Waals surface area (Å²) in [6, 6.07) is 12.1. The van der Waals surface area contributed by atoms with Gasteiger partial charge in [0.05, 0.1) is 10.4 Å². The fourth-order valence-electron chi connectivity index (χ4n) is 2.49. The van der Waals surface area contributed by atoms with Crippen molar-refractivity contribution in [1.82, 2.24) is 3.97 Å². The van der Waals surface area contributed by atoms with Crippen molar-refractivity contribution in [2.45, 2.75) is 11.3 Å². The molecule has 0 spiro atoms. The molecule has 0 fully saturated rings. The third-order valence-electron chi connectivity index (χ3n) is 3.54. The van der Waals surface area contributed by atoms with Gasteiger partial charge in [0.2, 0.25) is 0 Å². The van der Waals surface area contributed by atoms with Crippen LogP contribution in [0.25, 0.3) is 10.9 Å². The van der Waals surface area contributed by atoms with E-state index in [9.17, 15) is 12.8 Å². The molecule has 0 aliphatic rings. The van der Waals surface area contributed by atoms with E-state index >= 15 is 0 Å². The number of nitrogens with two attached hydrogens (primary N) is 1. The quantitative estimate of drug-likeness (QED) is 0.804. The van der Waals surface area contributed by atoms with Gasteiger partial charge in [-0.25, -0.2) is 16.8 Å². The van der Waals surface area contributed by atoms with Crippen LogP contribution in [-0.4, -0.2) is 18.9 Å². The maximum Gasteiger partial charge on any atom is 0.268 e. The van der Waals surface area contributed by atoms with Crippen molar-refractivity contribution in [3.05, 3.63) is 66.1 Å². The molecule has 1 aromatic heterocycles.